The third-order valence-electron chi connectivity index (χ3n) is 5.66. The predicted molar refractivity (Wildman–Crippen MR) is 147 cm³/mol. The Morgan fingerprint density at radius 3 is 2.36 bits per heavy atom. The number of nitrogens with one attached hydrogen (secondary N) is 2. The van der Waals surface area contributed by atoms with Crippen molar-refractivity contribution in [3.8, 4) is 5.69 Å². The zero-order valence-electron chi connectivity index (χ0n) is 22.1. The van der Waals surface area contributed by atoms with Gasteiger partial charge in [0.1, 0.15) is 12.4 Å². The van der Waals surface area contributed by atoms with Crippen LogP contribution in [0.2, 0.25) is 5.02 Å². The molecule has 3 rings (SSSR count). The number of nitrogens with zero attached hydrogens (tertiary/aromatic N) is 3. The van der Waals surface area contributed by atoms with Crippen molar-refractivity contribution < 1.29 is 9.59 Å². The van der Waals surface area contributed by atoms with Gasteiger partial charge in [-0.1, -0.05) is 76.0 Å². The summed E-state index contributed by atoms with van der Waals surface area (Å²) in [5.74, 6) is 0.362. The van der Waals surface area contributed by atoms with Gasteiger partial charge in [-0.2, -0.15) is 5.10 Å². The fourth-order valence-corrected chi connectivity index (χ4v) is 4.02. The molecule has 0 aliphatic heterocycles. The van der Waals surface area contributed by atoms with E-state index in [1.54, 1.807) is 10.7 Å². The number of para-hydroxylation sites is 1. The normalized spacial score (nSPS) is 11.5. The van der Waals surface area contributed by atoms with E-state index in [1.807, 2.05) is 70.2 Å². The van der Waals surface area contributed by atoms with Gasteiger partial charge >= 0.3 is 6.03 Å². The number of urea groups is 1. The Morgan fingerprint density at radius 2 is 1.75 bits per heavy atom. The molecule has 7 nitrogen and oxygen atoms in total. The van der Waals surface area contributed by atoms with Gasteiger partial charge in [-0.05, 0) is 43.5 Å². The van der Waals surface area contributed by atoms with Gasteiger partial charge in [0.15, 0.2) is 0 Å². The van der Waals surface area contributed by atoms with Crippen molar-refractivity contribution >= 4 is 35.0 Å². The van der Waals surface area contributed by atoms with Crippen LogP contribution < -0.4 is 10.6 Å². The zero-order chi connectivity index (χ0) is 26.6. The molecule has 0 unspecified atom stereocenters. The van der Waals surface area contributed by atoms with Crippen LogP contribution in [0.3, 0.4) is 0 Å². The van der Waals surface area contributed by atoms with Crippen molar-refractivity contribution in [1.82, 2.24) is 14.7 Å². The minimum atomic E-state index is -0.319. The summed E-state index contributed by atoms with van der Waals surface area (Å²) >= 11 is 6.44. The highest BCUT2D eigenvalue weighted by molar-refractivity contribution is 6.32. The summed E-state index contributed by atoms with van der Waals surface area (Å²) in [6.45, 7) is 14.5. The molecule has 3 amide bonds. The Hall–Kier alpha value is -3.32. The van der Waals surface area contributed by atoms with Gasteiger partial charge < -0.3 is 15.5 Å². The molecule has 1 aromatic heterocycles. The number of anilines is 2. The standard InChI is InChI=1S/C28H36ClN5O2/c1-18(2)16-33(27(36)30-22-13-12-19(3)14-20(22)4)17-26(35)31-25-15-24(28(5,6)7)32-34(25)23-11-9-8-10-21(23)29/h8-15,18H,16-17H2,1-7H3,(H,30,36)(H,31,35). The van der Waals surface area contributed by atoms with Gasteiger partial charge in [-0.3, -0.25) is 4.79 Å². The van der Waals surface area contributed by atoms with Crippen LogP contribution in [-0.4, -0.2) is 39.7 Å². The van der Waals surface area contributed by atoms with Crippen molar-refractivity contribution in [2.24, 2.45) is 5.92 Å². The van der Waals surface area contributed by atoms with Crippen LogP contribution in [-0.2, 0) is 10.2 Å². The molecule has 1 heterocycles. The van der Waals surface area contributed by atoms with Crippen LogP contribution in [0, 0.1) is 19.8 Å². The first-order chi connectivity index (χ1) is 16.8. The van der Waals surface area contributed by atoms with Gasteiger partial charge in [0.2, 0.25) is 5.91 Å². The fourth-order valence-electron chi connectivity index (χ4n) is 3.81. The number of rotatable bonds is 7. The second-order valence-corrected chi connectivity index (χ2v) is 11.0. The van der Waals surface area contributed by atoms with E-state index in [0.29, 0.717) is 23.1 Å². The molecule has 0 radical (unpaired) electrons. The molecule has 0 saturated heterocycles. The van der Waals surface area contributed by atoms with Crippen molar-refractivity contribution in [3.05, 3.63) is 70.4 Å². The molecule has 0 bridgehead atoms. The highest BCUT2D eigenvalue weighted by atomic mass is 35.5. The summed E-state index contributed by atoms with van der Waals surface area (Å²) in [7, 11) is 0. The number of carbonyl (C=O) groups excluding carboxylic acids is 2. The van der Waals surface area contributed by atoms with Crippen molar-refractivity contribution in [2.45, 2.75) is 53.9 Å². The minimum Gasteiger partial charge on any atom is -0.315 e. The molecule has 0 atom stereocenters. The van der Waals surface area contributed by atoms with Crippen LogP contribution in [0.1, 0.15) is 51.4 Å². The number of hydrogen-bond donors (Lipinski definition) is 2. The first-order valence-electron chi connectivity index (χ1n) is 12.1. The van der Waals surface area contributed by atoms with Crippen molar-refractivity contribution in [1.29, 1.82) is 0 Å². The van der Waals surface area contributed by atoms with E-state index in [1.165, 1.54) is 4.90 Å². The maximum Gasteiger partial charge on any atom is 0.322 e. The third kappa shape index (κ3) is 6.88. The van der Waals surface area contributed by atoms with Crippen LogP contribution in [0.5, 0.6) is 0 Å². The summed E-state index contributed by atoms with van der Waals surface area (Å²) in [4.78, 5) is 27.9. The maximum absolute atomic E-state index is 13.2. The molecule has 3 aromatic rings. The highest BCUT2D eigenvalue weighted by Crippen LogP contribution is 2.29. The number of hydrogen-bond acceptors (Lipinski definition) is 3. The van der Waals surface area contributed by atoms with Crippen LogP contribution in [0.25, 0.3) is 5.69 Å². The molecule has 192 valence electrons. The largest absolute Gasteiger partial charge is 0.322 e. The lowest BCUT2D eigenvalue weighted by molar-refractivity contribution is -0.116. The summed E-state index contributed by atoms with van der Waals surface area (Å²) < 4.78 is 1.64. The van der Waals surface area contributed by atoms with Crippen LogP contribution >= 0.6 is 11.6 Å². The minimum absolute atomic E-state index is 0.104. The average molecular weight is 510 g/mol. The van der Waals surface area contributed by atoms with E-state index >= 15 is 0 Å². The average Bonchev–Trinajstić information content (AvgIpc) is 3.19. The van der Waals surface area contributed by atoms with Gasteiger partial charge in [-0.25, -0.2) is 9.48 Å². The second kappa shape index (κ2) is 11.2. The molecule has 2 aromatic carbocycles. The lowest BCUT2D eigenvalue weighted by Crippen LogP contribution is -2.42. The number of benzene rings is 2. The smallest absolute Gasteiger partial charge is 0.315 e. The fraction of sp³-hybridized carbons (Fsp3) is 0.393. The molecular formula is C28H36ClN5O2. The van der Waals surface area contributed by atoms with Crippen molar-refractivity contribution in [2.75, 3.05) is 23.7 Å². The number of aryl methyl sites for hydroxylation is 2. The molecule has 0 fully saturated rings. The molecule has 8 heteroatoms. The van der Waals surface area contributed by atoms with E-state index in [2.05, 4.69) is 31.4 Å². The number of halogens is 1. The predicted octanol–water partition coefficient (Wildman–Crippen LogP) is 6.57. The van der Waals surface area contributed by atoms with E-state index in [4.69, 9.17) is 16.7 Å². The topological polar surface area (TPSA) is 79.3 Å². The monoisotopic (exact) mass is 509 g/mol. The lowest BCUT2D eigenvalue weighted by Gasteiger charge is -2.25. The summed E-state index contributed by atoms with van der Waals surface area (Å²) in [6, 6.07) is 14.7. The SMILES string of the molecule is Cc1ccc(NC(=O)N(CC(=O)Nc2cc(C(C)(C)C)nn2-c2ccccc2Cl)CC(C)C)c(C)c1. The van der Waals surface area contributed by atoms with E-state index in [0.717, 1.165) is 22.5 Å². The molecular weight excluding hydrogens is 474 g/mol. The third-order valence-corrected chi connectivity index (χ3v) is 5.98. The van der Waals surface area contributed by atoms with E-state index in [-0.39, 0.29) is 29.8 Å². The Bertz CT molecular complexity index is 1240. The van der Waals surface area contributed by atoms with Gasteiger partial charge in [0.25, 0.3) is 0 Å². The number of aromatic nitrogens is 2. The highest BCUT2D eigenvalue weighted by Gasteiger charge is 2.24. The quantitative estimate of drug-likeness (QED) is 0.378. The summed E-state index contributed by atoms with van der Waals surface area (Å²) in [6.07, 6.45) is 0. The van der Waals surface area contributed by atoms with E-state index in [9.17, 15) is 9.59 Å². The Kier molecular flexibility index (Phi) is 8.46. The molecule has 36 heavy (non-hydrogen) atoms. The van der Waals surface area contributed by atoms with E-state index < -0.39 is 0 Å². The first kappa shape index (κ1) is 27.3. The Labute approximate surface area is 218 Å². The zero-order valence-corrected chi connectivity index (χ0v) is 22.9. The van der Waals surface area contributed by atoms with Crippen LogP contribution in [0.4, 0.5) is 16.3 Å². The van der Waals surface area contributed by atoms with Gasteiger partial charge in [0, 0.05) is 23.7 Å². The Morgan fingerprint density at radius 1 is 1.06 bits per heavy atom. The summed E-state index contributed by atoms with van der Waals surface area (Å²) in [5, 5.41) is 11.1. The molecule has 0 aliphatic carbocycles. The molecule has 0 saturated carbocycles. The number of amides is 3. The second-order valence-electron chi connectivity index (χ2n) is 10.6. The molecule has 0 spiro atoms. The number of carbonyl (C=O) groups is 2. The maximum atomic E-state index is 13.2. The van der Waals surface area contributed by atoms with Gasteiger partial charge in [-0.15, -0.1) is 0 Å². The molecule has 2 N–H and O–H groups in total. The Balaban J connectivity index is 1.84. The van der Waals surface area contributed by atoms with Crippen LogP contribution in [0.15, 0.2) is 48.5 Å². The van der Waals surface area contributed by atoms with Gasteiger partial charge in [0.05, 0.1) is 16.4 Å². The summed E-state index contributed by atoms with van der Waals surface area (Å²) in [5.41, 5.74) is 4.05. The lowest BCUT2D eigenvalue weighted by atomic mass is 9.92. The molecule has 0 aliphatic rings. The first-order valence-corrected chi connectivity index (χ1v) is 12.5. The van der Waals surface area contributed by atoms with Crippen molar-refractivity contribution in [3.63, 3.8) is 0 Å².